The summed E-state index contributed by atoms with van der Waals surface area (Å²) in [6.07, 6.45) is 5.76. The molecular formula is C20H23N5S. The number of hydrogen-bond acceptors (Lipinski definition) is 6. The molecule has 26 heavy (non-hydrogen) atoms. The van der Waals surface area contributed by atoms with E-state index in [2.05, 4.69) is 56.3 Å². The van der Waals surface area contributed by atoms with Crippen LogP contribution in [0.25, 0.3) is 10.7 Å². The molecule has 1 aliphatic rings. The number of pyridine rings is 1. The first-order chi connectivity index (χ1) is 12.8. The lowest BCUT2D eigenvalue weighted by Crippen LogP contribution is -2.29. The van der Waals surface area contributed by atoms with E-state index < -0.39 is 0 Å². The Morgan fingerprint density at radius 1 is 1.00 bits per heavy atom. The van der Waals surface area contributed by atoms with E-state index in [0.717, 1.165) is 22.4 Å². The average molecular weight is 366 g/mol. The van der Waals surface area contributed by atoms with Gasteiger partial charge in [-0.05, 0) is 49.1 Å². The van der Waals surface area contributed by atoms with Crippen molar-refractivity contribution in [2.75, 3.05) is 29.9 Å². The number of piperidine rings is 1. The van der Waals surface area contributed by atoms with Gasteiger partial charge in [0.25, 0.3) is 0 Å². The number of aromatic nitrogens is 3. The Morgan fingerprint density at radius 2 is 1.81 bits per heavy atom. The minimum absolute atomic E-state index is 0.817. The Hall–Kier alpha value is -2.47. The molecule has 2 aromatic heterocycles. The van der Waals surface area contributed by atoms with E-state index in [1.54, 1.807) is 17.5 Å². The van der Waals surface area contributed by atoms with Gasteiger partial charge in [0.05, 0.1) is 0 Å². The van der Waals surface area contributed by atoms with Crippen LogP contribution in [0, 0.1) is 0 Å². The van der Waals surface area contributed by atoms with Crippen molar-refractivity contribution in [2.45, 2.75) is 25.8 Å². The molecule has 0 radical (unpaired) electrons. The van der Waals surface area contributed by atoms with Crippen molar-refractivity contribution < 1.29 is 0 Å². The van der Waals surface area contributed by atoms with E-state index in [4.69, 9.17) is 0 Å². The molecule has 0 bridgehead atoms. The van der Waals surface area contributed by atoms with Gasteiger partial charge in [0.15, 0.2) is 5.01 Å². The molecule has 6 heteroatoms. The first kappa shape index (κ1) is 17.0. The van der Waals surface area contributed by atoms with Crippen LogP contribution in [0.4, 0.5) is 10.8 Å². The van der Waals surface area contributed by atoms with Crippen LogP contribution >= 0.6 is 11.3 Å². The predicted octanol–water partition coefficient (Wildman–Crippen LogP) is 4.23. The first-order valence-electron chi connectivity index (χ1n) is 9.09. The van der Waals surface area contributed by atoms with Crippen LogP contribution in [0.2, 0.25) is 0 Å². The molecule has 134 valence electrons. The Kier molecular flexibility index (Phi) is 5.11. The number of benzene rings is 1. The van der Waals surface area contributed by atoms with Crippen molar-refractivity contribution in [3.8, 4) is 10.7 Å². The van der Waals surface area contributed by atoms with Crippen molar-refractivity contribution in [1.82, 2.24) is 15.2 Å². The summed E-state index contributed by atoms with van der Waals surface area (Å²) >= 11 is 1.57. The Morgan fingerprint density at radius 3 is 2.54 bits per heavy atom. The minimum Gasteiger partial charge on any atom is -0.372 e. The zero-order valence-corrected chi connectivity index (χ0v) is 15.8. The van der Waals surface area contributed by atoms with Crippen molar-refractivity contribution in [1.29, 1.82) is 0 Å². The van der Waals surface area contributed by atoms with E-state index >= 15 is 0 Å². The standard InChI is InChI=1S/C20H23N5S/c1-24(20-23-22-19(26-20)18-7-3-4-12-21-18)15-16-8-10-17(11-9-16)25-13-5-2-6-14-25/h3-4,7-12H,2,5-6,13-15H2,1H3. The molecule has 4 rings (SSSR count). The van der Waals surface area contributed by atoms with Crippen LogP contribution in [0.1, 0.15) is 24.8 Å². The van der Waals surface area contributed by atoms with Gasteiger partial charge in [0.1, 0.15) is 5.69 Å². The quantitative estimate of drug-likeness (QED) is 0.677. The highest BCUT2D eigenvalue weighted by Gasteiger charge is 2.13. The summed E-state index contributed by atoms with van der Waals surface area (Å²) in [5.74, 6) is 0. The Balaban J connectivity index is 1.41. The monoisotopic (exact) mass is 365 g/mol. The molecule has 1 aromatic carbocycles. The molecule has 5 nitrogen and oxygen atoms in total. The van der Waals surface area contributed by atoms with E-state index in [1.807, 2.05) is 18.2 Å². The van der Waals surface area contributed by atoms with E-state index in [9.17, 15) is 0 Å². The highest BCUT2D eigenvalue weighted by atomic mass is 32.1. The highest BCUT2D eigenvalue weighted by molar-refractivity contribution is 7.18. The van der Waals surface area contributed by atoms with Crippen molar-refractivity contribution in [3.63, 3.8) is 0 Å². The lowest BCUT2D eigenvalue weighted by atomic mass is 10.1. The van der Waals surface area contributed by atoms with Gasteiger partial charge in [-0.25, -0.2) is 0 Å². The molecule has 0 unspecified atom stereocenters. The normalized spacial score (nSPS) is 14.4. The van der Waals surface area contributed by atoms with Gasteiger partial charge in [0.2, 0.25) is 5.13 Å². The van der Waals surface area contributed by atoms with Gasteiger partial charge in [-0.1, -0.05) is 29.5 Å². The second kappa shape index (κ2) is 7.83. The molecule has 0 amide bonds. The fraction of sp³-hybridized carbons (Fsp3) is 0.350. The molecule has 0 aliphatic carbocycles. The molecule has 0 saturated carbocycles. The average Bonchev–Trinajstić information content (AvgIpc) is 3.20. The summed E-state index contributed by atoms with van der Waals surface area (Å²) in [7, 11) is 2.06. The SMILES string of the molecule is CN(Cc1ccc(N2CCCCC2)cc1)c1nnc(-c2ccccn2)s1. The van der Waals surface area contributed by atoms with Crippen molar-refractivity contribution in [2.24, 2.45) is 0 Å². The smallest absolute Gasteiger partial charge is 0.208 e. The molecule has 1 aliphatic heterocycles. The molecule has 1 saturated heterocycles. The second-order valence-corrected chi connectivity index (χ2v) is 7.63. The summed E-state index contributed by atoms with van der Waals surface area (Å²) in [5, 5.41) is 10.4. The van der Waals surface area contributed by atoms with Gasteiger partial charge in [-0.15, -0.1) is 10.2 Å². The third kappa shape index (κ3) is 3.85. The van der Waals surface area contributed by atoms with Gasteiger partial charge < -0.3 is 9.80 Å². The molecule has 0 atom stereocenters. The maximum atomic E-state index is 4.34. The number of anilines is 2. The molecular weight excluding hydrogens is 342 g/mol. The first-order valence-corrected chi connectivity index (χ1v) is 9.91. The van der Waals surface area contributed by atoms with Gasteiger partial charge in [0, 0.05) is 38.6 Å². The number of hydrogen-bond donors (Lipinski definition) is 0. The zero-order valence-electron chi connectivity index (χ0n) is 15.0. The zero-order chi connectivity index (χ0) is 17.8. The lowest BCUT2D eigenvalue weighted by molar-refractivity contribution is 0.578. The summed E-state index contributed by atoms with van der Waals surface area (Å²) in [5.41, 5.74) is 3.49. The fourth-order valence-corrected chi connectivity index (χ4v) is 4.05. The van der Waals surface area contributed by atoms with E-state index in [-0.39, 0.29) is 0 Å². The molecule has 0 N–H and O–H groups in total. The van der Waals surface area contributed by atoms with Gasteiger partial charge in [-0.3, -0.25) is 4.98 Å². The number of rotatable bonds is 5. The molecule has 1 fully saturated rings. The minimum atomic E-state index is 0.817. The van der Waals surface area contributed by atoms with Crippen LogP contribution in [0.3, 0.4) is 0 Å². The summed E-state index contributed by atoms with van der Waals surface area (Å²) < 4.78 is 0. The lowest BCUT2D eigenvalue weighted by Gasteiger charge is -2.29. The topological polar surface area (TPSA) is 45.2 Å². The van der Waals surface area contributed by atoms with Crippen LogP contribution in [0.15, 0.2) is 48.7 Å². The fourth-order valence-electron chi connectivity index (χ4n) is 3.27. The second-order valence-electron chi connectivity index (χ2n) is 6.67. The third-order valence-corrected chi connectivity index (χ3v) is 5.76. The van der Waals surface area contributed by atoms with Crippen LogP contribution in [-0.4, -0.2) is 35.3 Å². The third-order valence-electron chi connectivity index (χ3n) is 4.70. The Bertz CT molecular complexity index is 825. The summed E-state index contributed by atoms with van der Waals surface area (Å²) in [6, 6.07) is 14.8. The molecule has 0 spiro atoms. The van der Waals surface area contributed by atoms with Crippen molar-refractivity contribution in [3.05, 3.63) is 54.2 Å². The van der Waals surface area contributed by atoms with Crippen LogP contribution in [0.5, 0.6) is 0 Å². The van der Waals surface area contributed by atoms with E-state index in [0.29, 0.717) is 0 Å². The predicted molar refractivity (Wildman–Crippen MR) is 108 cm³/mol. The van der Waals surface area contributed by atoms with E-state index in [1.165, 1.54) is 43.6 Å². The van der Waals surface area contributed by atoms with Gasteiger partial charge >= 0.3 is 0 Å². The maximum absolute atomic E-state index is 4.34. The van der Waals surface area contributed by atoms with Crippen molar-refractivity contribution >= 4 is 22.2 Å². The number of nitrogens with zero attached hydrogens (tertiary/aromatic N) is 5. The Labute approximate surface area is 158 Å². The summed E-state index contributed by atoms with van der Waals surface area (Å²) in [6.45, 7) is 3.18. The highest BCUT2D eigenvalue weighted by Crippen LogP contribution is 2.28. The van der Waals surface area contributed by atoms with Gasteiger partial charge in [-0.2, -0.15) is 0 Å². The van der Waals surface area contributed by atoms with Crippen LogP contribution < -0.4 is 9.80 Å². The molecule has 3 heterocycles. The maximum Gasteiger partial charge on any atom is 0.208 e. The largest absolute Gasteiger partial charge is 0.372 e. The molecule has 3 aromatic rings. The van der Waals surface area contributed by atoms with Crippen LogP contribution in [-0.2, 0) is 6.54 Å². The summed E-state index contributed by atoms with van der Waals surface area (Å²) in [4.78, 5) is 8.97.